The number of hydrogen-bond donors (Lipinski definition) is 3. The summed E-state index contributed by atoms with van der Waals surface area (Å²) in [6, 6.07) is 11.5. The molecule has 7 heteroatoms. The summed E-state index contributed by atoms with van der Waals surface area (Å²) in [7, 11) is 0. The van der Waals surface area contributed by atoms with Gasteiger partial charge in [0.1, 0.15) is 0 Å². The second-order valence-electron chi connectivity index (χ2n) is 5.01. The second-order valence-corrected chi connectivity index (χ2v) is 5.01. The summed E-state index contributed by atoms with van der Waals surface area (Å²) < 4.78 is 4.91. The summed E-state index contributed by atoms with van der Waals surface area (Å²) in [5.74, 6) is -0.388. The number of H-pyrrole nitrogens is 1. The number of urea groups is 1. The van der Waals surface area contributed by atoms with Crippen molar-refractivity contribution in [3.8, 4) is 0 Å². The highest BCUT2D eigenvalue weighted by Gasteiger charge is 2.08. The predicted molar refractivity (Wildman–Crippen MR) is 91.1 cm³/mol. The molecule has 3 N–H and O–H groups in total. The number of aromatic amines is 1. The third-order valence-corrected chi connectivity index (χ3v) is 3.33. The van der Waals surface area contributed by atoms with Crippen LogP contribution in [0.1, 0.15) is 17.3 Å². The smallest absolute Gasteiger partial charge is 0.338 e. The molecule has 0 spiro atoms. The number of benzene rings is 2. The van der Waals surface area contributed by atoms with E-state index in [0.717, 1.165) is 11.0 Å². The molecule has 24 heavy (non-hydrogen) atoms. The van der Waals surface area contributed by atoms with Crippen LogP contribution in [-0.2, 0) is 4.74 Å². The molecule has 1 heterocycles. The molecular formula is C17H16N4O3. The molecular weight excluding hydrogens is 308 g/mol. The molecule has 0 unspecified atom stereocenters. The molecule has 0 aliphatic heterocycles. The third-order valence-electron chi connectivity index (χ3n) is 3.33. The molecule has 0 saturated heterocycles. The van der Waals surface area contributed by atoms with Gasteiger partial charge in [-0.25, -0.2) is 14.6 Å². The maximum absolute atomic E-state index is 12.0. The van der Waals surface area contributed by atoms with E-state index in [1.165, 1.54) is 0 Å². The van der Waals surface area contributed by atoms with Crippen molar-refractivity contribution in [2.24, 2.45) is 0 Å². The fourth-order valence-corrected chi connectivity index (χ4v) is 2.21. The first kappa shape index (κ1) is 15.5. The normalized spacial score (nSPS) is 10.4. The highest BCUT2D eigenvalue weighted by Crippen LogP contribution is 2.16. The molecule has 2 amide bonds. The number of esters is 1. The Kier molecular flexibility index (Phi) is 4.42. The zero-order chi connectivity index (χ0) is 16.9. The van der Waals surface area contributed by atoms with Crippen LogP contribution in [0.4, 0.5) is 16.2 Å². The molecule has 0 bridgehead atoms. The van der Waals surface area contributed by atoms with Gasteiger partial charge in [-0.3, -0.25) is 0 Å². The summed E-state index contributed by atoms with van der Waals surface area (Å²) >= 11 is 0. The Hall–Kier alpha value is -3.35. The highest BCUT2D eigenvalue weighted by molar-refractivity contribution is 6.01. The summed E-state index contributed by atoms with van der Waals surface area (Å²) in [6.45, 7) is 2.07. The first-order chi connectivity index (χ1) is 11.7. The lowest BCUT2D eigenvalue weighted by Gasteiger charge is -2.08. The topological polar surface area (TPSA) is 96.1 Å². The first-order valence-corrected chi connectivity index (χ1v) is 7.44. The van der Waals surface area contributed by atoms with Crippen LogP contribution in [0.5, 0.6) is 0 Å². The lowest BCUT2D eigenvalue weighted by Crippen LogP contribution is -2.19. The van der Waals surface area contributed by atoms with Gasteiger partial charge in [-0.2, -0.15) is 0 Å². The van der Waals surface area contributed by atoms with Gasteiger partial charge in [0.05, 0.1) is 29.5 Å². The maximum Gasteiger partial charge on any atom is 0.338 e. The number of anilines is 2. The third kappa shape index (κ3) is 3.52. The molecule has 0 aliphatic carbocycles. The number of imidazole rings is 1. The maximum atomic E-state index is 12.0. The van der Waals surface area contributed by atoms with E-state index in [2.05, 4.69) is 20.6 Å². The molecule has 3 rings (SSSR count). The van der Waals surface area contributed by atoms with Crippen molar-refractivity contribution in [1.29, 1.82) is 0 Å². The van der Waals surface area contributed by atoms with Gasteiger partial charge < -0.3 is 20.4 Å². The van der Waals surface area contributed by atoms with E-state index in [-0.39, 0.29) is 12.0 Å². The van der Waals surface area contributed by atoms with E-state index in [0.29, 0.717) is 23.5 Å². The quantitative estimate of drug-likeness (QED) is 0.641. The molecule has 2 aromatic carbocycles. The van der Waals surface area contributed by atoms with Gasteiger partial charge in [-0.05, 0) is 49.4 Å². The Morgan fingerprint density at radius 1 is 1.08 bits per heavy atom. The lowest BCUT2D eigenvalue weighted by atomic mass is 10.2. The molecule has 0 fully saturated rings. The number of amides is 2. The van der Waals surface area contributed by atoms with Crippen LogP contribution in [0.25, 0.3) is 11.0 Å². The molecule has 1 aromatic heterocycles. The van der Waals surface area contributed by atoms with E-state index in [4.69, 9.17) is 4.74 Å². The van der Waals surface area contributed by atoms with Crippen molar-refractivity contribution in [3.05, 3.63) is 54.4 Å². The van der Waals surface area contributed by atoms with Crippen molar-refractivity contribution in [2.45, 2.75) is 6.92 Å². The highest BCUT2D eigenvalue weighted by atomic mass is 16.5. The number of carbonyl (C=O) groups is 2. The number of aromatic nitrogens is 2. The van der Waals surface area contributed by atoms with Crippen molar-refractivity contribution in [1.82, 2.24) is 9.97 Å². The van der Waals surface area contributed by atoms with Gasteiger partial charge >= 0.3 is 12.0 Å². The van der Waals surface area contributed by atoms with Crippen LogP contribution >= 0.6 is 0 Å². The van der Waals surface area contributed by atoms with Crippen molar-refractivity contribution in [3.63, 3.8) is 0 Å². The average molecular weight is 324 g/mol. The fraction of sp³-hybridized carbons (Fsp3) is 0.118. The van der Waals surface area contributed by atoms with Crippen LogP contribution in [0, 0.1) is 0 Å². The first-order valence-electron chi connectivity index (χ1n) is 7.44. The zero-order valence-corrected chi connectivity index (χ0v) is 13.0. The molecule has 0 radical (unpaired) electrons. The molecule has 0 saturated carbocycles. The minimum absolute atomic E-state index is 0.321. The number of nitrogens with zero attached hydrogens (tertiary/aromatic N) is 1. The van der Waals surface area contributed by atoms with E-state index in [1.54, 1.807) is 49.6 Å². The molecule has 122 valence electrons. The monoisotopic (exact) mass is 324 g/mol. The molecule has 7 nitrogen and oxygen atoms in total. The minimum Gasteiger partial charge on any atom is -0.462 e. The van der Waals surface area contributed by atoms with Gasteiger partial charge in [0.2, 0.25) is 0 Å². The number of rotatable bonds is 4. The van der Waals surface area contributed by atoms with Gasteiger partial charge in [0, 0.05) is 11.4 Å². The Morgan fingerprint density at radius 2 is 1.79 bits per heavy atom. The standard InChI is InChI=1S/C17H16N4O3/c1-2-24-16(22)11-3-5-12(6-4-11)20-17(23)21-13-7-8-14-15(9-13)19-10-18-14/h3-10H,2H2,1H3,(H,18,19)(H2,20,21,23). The van der Waals surface area contributed by atoms with E-state index in [9.17, 15) is 9.59 Å². The van der Waals surface area contributed by atoms with E-state index in [1.807, 2.05) is 6.07 Å². The number of hydrogen-bond acceptors (Lipinski definition) is 4. The van der Waals surface area contributed by atoms with Crippen molar-refractivity contribution in [2.75, 3.05) is 17.2 Å². The van der Waals surface area contributed by atoms with E-state index < -0.39 is 0 Å². The second kappa shape index (κ2) is 6.82. The summed E-state index contributed by atoms with van der Waals surface area (Å²) in [5.41, 5.74) is 3.32. The Bertz CT molecular complexity index is 871. The molecule has 3 aromatic rings. The number of ether oxygens (including phenoxy) is 1. The summed E-state index contributed by atoms with van der Waals surface area (Å²) in [6.07, 6.45) is 1.60. The Morgan fingerprint density at radius 3 is 2.54 bits per heavy atom. The fourth-order valence-electron chi connectivity index (χ4n) is 2.21. The Labute approximate surface area is 138 Å². The molecule has 0 aliphatic rings. The van der Waals surface area contributed by atoms with Crippen LogP contribution in [-0.4, -0.2) is 28.6 Å². The van der Waals surface area contributed by atoms with Crippen LogP contribution in [0.3, 0.4) is 0 Å². The van der Waals surface area contributed by atoms with Gasteiger partial charge in [0.15, 0.2) is 0 Å². The largest absolute Gasteiger partial charge is 0.462 e. The van der Waals surface area contributed by atoms with Gasteiger partial charge in [0.25, 0.3) is 0 Å². The van der Waals surface area contributed by atoms with Crippen molar-refractivity contribution >= 4 is 34.4 Å². The zero-order valence-electron chi connectivity index (χ0n) is 13.0. The number of carbonyl (C=O) groups excluding carboxylic acids is 2. The van der Waals surface area contributed by atoms with Gasteiger partial charge in [-0.15, -0.1) is 0 Å². The SMILES string of the molecule is CCOC(=O)c1ccc(NC(=O)Nc2ccc3nc[nH]c3c2)cc1. The Balaban J connectivity index is 1.62. The van der Waals surface area contributed by atoms with E-state index >= 15 is 0 Å². The van der Waals surface area contributed by atoms with Gasteiger partial charge in [-0.1, -0.05) is 0 Å². The summed E-state index contributed by atoms with van der Waals surface area (Å²) in [5, 5.41) is 5.44. The van der Waals surface area contributed by atoms with Crippen molar-refractivity contribution < 1.29 is 14.3 Å². The minimum atomic E-state index is -0.388. The lowest BCUT2D eigenvalue weighted by molar-refractivity contribution is 0.0526. The average Bonchev–Trinajstić information content (AvgIpc) is 3.03. The predicted octanol–water partition coefficient (Wildman–Crippen LogP) is 3.38. The number of fused-ring (bicyclic) bond motifs is 1. The molecule has 0 atom stereocenters. The van der Waals surface area contributed by atoms with Crippen LogP contribution < -0.4 is 10.6 Å². The van der Waals surface area contributed by atoms with Crippen LogP contribution in [0.2, 0.25) is 0 Å². The number of nitrogens with one attached hydrogen (secondary N) is 3. The summed E-state index contributed by atoms with van der Waals surface area (Å²) in [4.78, 5) is 30.7. The van der Waals surface area contributed by atoms with Crippen LogP contribution in [0.15, 0.2) is 48.8 Å².